The number of amides is 1. The summed E-state index contributed by atoms with van der Waals surface area (Å²) in [6, 6.07) is 7.92. The molecule has 0 aromatic heterocycles. The lowest BCUT2D eigenvalue weighted by molar-refractivity contribution is -0.143. The molecule has 2 saturated carbocycles. The minimum absolute atomic E-state index is 0.0777. The fraction of sp³-hybridized carbons (Fsp3) is 0.429. The number of hydrogen-bond donors (Lipinski definition) is 2. The van der Waals surface area contributed by atoms with Crippen molar-refractivity contribution in [1.29, 1.82) is 0 Å². The lowest BCUT2D eigenvalue weighted by atomic mass is 10.1. The van der Waals surface area contributed by atoms with Gasteiger partial charge in [0.25, 0.3) is 0 Å². The van der Waals surface area contributed by atoms with Crippen LogP contribution in [-0.2, 0) is 9.59 Å². The Balaban J connectivity index is 1.64. The van der Waals surface area contributed by atoms with E-state index in [1.165, 1.54) is 0 Å². The van der Waals surface area contributed by atoms with Gasteiger partial charge in [-0.1, -0.05) is 28.1 Å². The van der Waals surface area contributed by atoms with Crippen molar-refractivity contribution < 1.29 is 14.7 Å². The quantitative estimate of drug-likeness (QED) is 0.893. The number of carbonyl (C=O) groups is 2. The lowest BCUT2D eigenvalue weighted by Crippen LogP contribution is -2.43. The molecule has 2 aliphatic carbocycles. The number of carboxylic acid groups (broad SMARTS) is 1. The van der Waals surface area contributed by atoms with Crippen LogP contribution < -0.4 is 5.32 Å². The Bertz CT molecular complexity index is 553. The van der Waals surface area contributed by atoms with E-state index in [0.717, 1.165) is 16.5 Å². The maximum atomic E-state index is 12.0. The predicted molar refractivity (Wildman–Crippen MR) is 72.7 cm³/mol. The van der Waals surface area contributed by atoms with Crippen LogP contribution in [0.3, 0.4) is 0 Å². The van der Waals surface area contributed by atoms with E-state index in [1.54, 1.807) is 0 Å². The molecule has 2 atom stereocenters. The molecule has 0 spiro atoms. The van der Waals surface area contributed by atoms with Crippen LogP contribution in [0.5, 0.6) is 0 Å². The third-order valence-corrected chi connectivity index (χ3v) is 4.42. The van der Waals surface area contributed by atoms with E-state index in [0.29, 0.717) is 12.8 Å². The van der Waals surface area contributed by atoms with Gasteiger partial charge in [-0.25, -0.2) is 4.79 Å². The standard InChI is InChI=1S/C14H14BrNO3/c15-9-3-1-2-8(6-9)10-7-11(10)12(17)16-14(4-5-14)13(18)19/h1-3,6,10-11H,4-5,7H2,(H,16,17)(H,18,19). The Morgan fingerprint density at radius 2 is 2.11 bits per heavy atom. The number of hydrogen-bond acceptors (Lipinski definition) is 2. The summed E-state index contributed by atoms with van der Waals surface area (Å²) in [7, 11) is 0. The van der Waals surface area contributed by atoms with Crippen LogP contribution in [0, 0.1) is 5.92 Å². The molecule has 1 aromatic rings. The van der Waals surface area contributed by atoms with Gasteiger partial charge in [0.05, 0.1) is 0 Å². The third-order valence-electron chi connectivity index (χ3n) is 3.93. The van der Waals surface area contributed by atoms with Crippen LogP contribution in [0.4, 0.5) is 0 Å². The number of benzene rings is 1. The average molecular weight is 324 g/mol. The van der Waals surface area contributed by atoms with Gasteiger partial charge in [0.15, 0.2) is 0 Å². The molecular weight excluding hydrogens is 310 g/mol. The summed E-state index contributed by atoms with van der Waals surface area (Å²) < 4.78 is 1.00. The van der Waals surface area contributed by atoms with Crippen molar-refractivity contribution in [2.75, 3.05) is 0 Å². The highest BCUT2D eigenvalue weighted by Crippen LogP contribution is 2.49. The summed E-state index contributed by atoms with van der Waals surface area (Å²) in [4.78, 5) is 23.1. The first-order valence-corrected chi connectivity index (χ1v) is 7.12. The highest BCUT2D eigenvalue weighted by atomic mass is 79.9. The maximum Gasteiger partial charge on any atom is 0.329 e. The molecule has 1 amide bonds. The second-order valence-electron chi connectivity index (χ2n) is 5.38. The Morgan fingerprint density at radius 3 is 2.68 bits per heavy atom. The molecule has 2 aliphatic rings. The van der Waals surface area contributed by atoms with Gasteiger partial charge in [0, 0.05) is 10.4 Å². The van der Waals surface area contributed by atoms with Gasteiger partial charge in [0.1, 0.15) is 5.54 Å². The minimum Gasteiger partial charge on any atom is -0.480 e. The summed E-state index contributed by atoms with van der Waals surface area (Å²) in [6.07, 6.45) is 1.89. The van der Waals surface area contributed by atoms with Crippen molar-refractivity contribution in [3.8, 4) is 0 Å². The highest BCUT2D eigenvalue weighted by Gasteiger charge is 2.54. The normalized spacial score (nSPS) is 26.6. The zero-order chi connectivity index (χ0) is 13.6. The number of nitrogens with one attached hydrogen (secondary N) is 1. The lowest BCUT2D eigenvalue weighted by Gasteiger charge is -2.12. The van der Waals surface area contributed by atoms with E-state index < -0.39 is 11.5 Å². The van der Waals surface area contributed by atoms with E-state index in [9.17, 15) is 9.59 Å². The van der Waals surface area contributed by atoms with E-state index in [1.807, 2.05) is 24.3 Å². The number of carbonyl (C=O) groups excluding carboxylic acids is 1. The average Bonchev–Trinajstić information content (AvgIpc) is 3.23. The van der Waals surface area contributed by atoms with Gasteiger partial charge in [0.2, 0.25) is 5.91 Å². The van der Waals surface area contributed by atoms with E-state index in [4.69, 9.17) is 5.11 Å². The Labute approximate surface area is 119 Å². The summed E-state index contributed by atoms with van der Waals surface area (Å²) in [5, 5.41) is 11.7. The van der Waals surface area contributed by atoms with Crippen molar-refractivity contribution in [2.24, 2.45) is 5.92 Å². The van der Waals surface area contributed by atoms with Crippen LogP contribution >= 0.6 is 15.9 Å². The largest absolute Gasteiger partial charge is 0.480 e. The van der Waals surface area contributed by atoms with Crippen LogP contribution in [-0.4, -0.2) is 22.5 Å². The molecule has 3 rings (SSSR count). The molecule has 4 nitrogen and oxygen atoms in total. The molecule has 2 fully saturated rings. The molecule has 2 unspecified atom stereocenters. The first kappa shape index (κ1) is 12.7. The van der Waals surface area contributed by atoms with Gasteiger partial charge in [-0.05, 0) is 42.9 Å². The second kappa shape index (κ2) is 4.34. The van der Waals surface area contributed by atoms with Crippen molar-refractivity contribution in [3.63, 3.8) is 0 Å². The van der Waals surface area contributed by atoms with E-state index in [-0.39, 0.29) is 17.7 Å². The summed E-state index contributed by atoms with van der Waals surface area (Å²) in [5.41, 5.74) is 0.163. The van der Waals surface area contributed by atoms with Crippen LogP contribution in [0.15, 0.2) is 28.7 Å². The monoisotopic (exact) mass is 323 g/mol. The molecule has 100 valence electrons. The van der Waals surface area contributed by atoms with Gasteiger partial charge >= 0.3 is 5.97 Å². The smallest absolute Gasteiger partial charge is 0.329 e. The van der Waals surface area contributed by atoms with Gasteiger partial charge < -0.3 is 10.4 Å². The van der Waals surface area contributed by atoms with E-state index >= 15 is 0 Å². The zero-order valence-electron chi connectivity index (χ0n) is 10.2. The Kier molecular flexibility index (Phi) is 2.89. The minimum atomic E-state index is -0.971. The first-order chi connectivity index (χ1) is 9.02. The van der Waals surface area contributed by atoms with E-state index in [2.05, 4.69) is 21.2 Å². The molecule has 5 heteroatoms. The Hall–Kier alpha value is -1.36. The van der Waals surface area contributed by atoms with Gasteiger partial charge in [-0.15, -0.1) is 0 Å². The molecule has 2 N–H and O–H groups in total. The fourth-order valence-corrected chi connectivity index (χ4v) is 2.85. The second-order valence-corrected chi connectivity index (χ2v) is 6.30. The molecule has 19 heavy (non-hydrogen) atoms. The van der Waals surface area contributed by atoms with Gasteiger partial charge in [-0.3, -0.25) is 4.79 Å². The zero-order valence-corrected chi connectivity index (χ0v) is 11.8. The van der Waals surface area contributed by atoms with Crippen molar-refractivity contribution in [1.82, 2.24) is 5.32 Å². The molecular formula is C14H14BrNO3. The highest BCUT2D eigenvalue weighted by molar-refractivity contribution is 9.10. The third kappa shape index (κ3) is 2.39. The molecule has 1 aromatic carbocycles. The molecule has 0 bridgehead atoms. The SMILES string of the molecule is O=C(NC1(C(=O)O)CC1)C1CC1c1cccc(Br)c1. The predicted octanol–water partition coefficient (Wildman–Crippen LogP) is 2.29. The molecule has 0 radical (unpaired) electrons. The van der Waals surface area contributed by atoms with Gasteiger partial charge in [-0.2, -0.15) is 0 Å². The number of halogens is 1. The summed E-state index contributed by atoms with van der Waals surface area (Å²) in [5.74, 6) is -0.890. The Morgan fingerprint density at radius 1 is 1.37 bits per heavy atom. The van der Waals surface area contributed by atoms with Crippen molar-refractivity contribution in [2.45, 2.75) is 30.7 Å². The molecule has 0 heterocycles. The number of aliphatic carboxylic acids is 1. The summed E-state index contributed by atoms with van der Waals surface area (Å²) >= 11 is 3.41. The van der Waals surface area contributed by atoms with Crippen molar-refractivity contribution in [3.05, 3.63) is 34.3 Å². The van der Waals surface area contributed by atoms with Crippen LogP contribution in [0.1, 0.15) is 30.7 Å². The molecule has 0 saturated heterocycles. The fourth-order valence-electron chi connectivity index (χ4n) is 2.44. The van der Waals surface area contributed by atoms with Crippen LogP contribution in [0.25, 0.3) is 0 Å². The number of carboxylic acids is 1. The van der Waals surface area contributed by atoms with Crippen LogP contribution in [0.2, 0.25) is 0 Å². The maximum absolute atomic E-state index is 12.0. The number of rotatable bonds is 4. The van der Waals surface area contributed by atoms with Crippen molar-refractivity contribution >= 4 is 27.8 Å². The topological polar surface area (TPSA) is 66.4 Å². The first-order valence-electron chi connectivity index (χ1n) is 6.33. The molecule has 0 aliphatic heterocycles. The summed E-state index contributed by atoms with van der Waals surface area (Å²) in [6.45, 7) is 0.